The number of nitrogens with zero attached hydrogens (tertiary/aromatic N) is 3. The zero-order chi connectivity index (χ0) is 26.9. The summed E-state index contributed by atoms with van der Waals surface area (Å²) in [5.41, 5.74) is 4.07. The van der Waals surface area contributed by atoms with Gasteiger partial charge in [0.1, 0.15) is 11.5 Å². The fourth-order valence-corrected chi connectivity index (χ4v) is 5.85. The van der Waals surface area contributed by atoms with Gasteiger partial charge < -0.3 is 0 Å². The van der Waals surface area contributed by atoms with Crippen LogP contribution >= 0.6 is 0 Å². The lowest BCUT2D eigenvalue weighted by Crippen LogP contribution is -2.29. The summed E-state index contributed by atoms with van der Waals surface area (Å²) in [4.78, 5) is 40.4. The summed E-state index contributed by atoms with van der Waals surface area (Å²) in [7, 11) is -3.25. The number of hydrogen-bond donors (Lipinski definition) is 0. The standard InChI is InChI=1S/C29H33N3O4S/c1-6-37(35,36)21-10-7-20(8-11-21)9-14-27(33)25-13-12-22-28(32-25)23(17(2)3)16-24(29(22)34)26-15-18(4)30-19(5)31-26/h7-8,10-13,15,17,23-24H,6,9,14,16H2,1-5H3. The quantitative estimate of drug-likeness (QED) is 0.376. The van der Waals surface area contributed by atoms with Crippen molar-refractivity contribution < 1.29 is 18.0 Å². The first-order chi connectivity index (χ1) is 17.5. The first-order valence-electron chi connectivity index (χ1n) is 12.7. The Bertz CT molecular complexity index is 1430. The van der Waals surface area contributed by atoms with Crippen LogP contribution in [-0.2, 0) is 16.3 Å². The van der Waals surface area contributed by atoms with Crippen molar-refractivity contribution >= 4 is 21.4 Å². The van der Waals surface area contributed by atoms with Crippen LogP contribution in [0.3, 0.4) is 0 Å². The number of carbonyl (C=O) groups excluding carboxylic acids is 2. The number of carbonyl (C=O) groups is 2. The molecule has 194 valence electrons. The molecule has 0 aliphatic heterocycles. The number of pyridine rings is 1. The molecule has 3 aromatic rings. The van der Waals surface area contributed by atoms with E-state index in [9.17, 15) is 18.0 Å². The number of aryl methyl sites for hydroxylation is 3. The second-order valence-corrected chi connectivity index (χ2v) is 12.4. The van der Waals surface area contributed by atoms with Crippen molar-refractivity contribution in [3.05, 3.63) is 82.2 Å². The highest BCUT2D eigenvalue weighted by atomic mass is 32.2. The third kappa shape index (κ3) is 5.69. The van der Waals surface area contributed by atoms with Crippen LogP contribution in [0, 0.1) is 19.8 Å². The number of ketones is 2. The average molecular weight is 520 g/mol. The fourth-order valence-electron chi connectivity index (χ4n) is 4.96. The van der Waals surface area contributed by atoms with E-state index < -0.39 is 9.84 Å². The molecule has 8 heteroatoms. The summed E-state index contributed by atoms with van der Waals surface area (Å²) in [6, 6.07) is 11.9. The highest BCUT2D eigenvalue weighted by molar-refractivity contribution is 7.91. The van der Waals surface area contributed by atoms with E-state index in [0.29, 0.717) is 35.6 Å². The maximum absolute atomic E-state index is 13.5. The molecule has 2 aromatic heterocycles. The van der Waals surface area contributed by atoms with Gasteiger partial charge in [0, 0.05) is 23.6 Å². The molecular weight excluding hydrogens is 486 g/mol. The van der Waals surface area contributed by atoms with E-state index >= 15 is 0 Å². The van der Waals surface area contributed by atoms with Gasteiger partial charge in [-0.15, -0.1) is 0 Å². The van der Waals surface area contributed by atoms with Gasteiger partial charge in [0.2, 0.25) is 0 Å². The number of sulfone groups is 1. The molecule has 7 nitrogen and oxygen atoms in total. The number of hydrogen-bond acceptors (Lipinski definition) is 7. The summed E-state index contributed by atoms with van der Waals surface area (Å²) >= 11 is 0. The molecule has 4 rings (SSSR count). The molecule has 0 spiro atoms. The van der Waals surface area contributed by atoms with Gasteiger partial charge in [0.05, 0.1) is 28.0 Å². The van der Waals surface area contributed by atoms with E-state index in [0.717, 1.165) is 17.0 Å². The smallest absolute Gasteiger partial charge is 0.181 e. The highest BCUT2D eigenvalue weighted by Crippen LogP contribution is 2.42. The summed E-state index contributed by atoms with van der Waals surface area (Å²) in [6.07, 6.45) is 1.32. The Labute approximate surface area is 218 Å². The second kappa shape index (κ2) is 10.6. The molecule has 0 amide bonds. The van der Waals surface area contributed by atoms with Crippen LogP contribution in [0.2, 0.25) is 0 Å². The van der Waals surface area contributed by atoms with Crippen molar-refractivity contribution in [2.24, 2.45) is 5.92 Å². The number of Topliss-reactive ketones (excluding diaryl/α,β-unsaturated/α-hetero) is 2. The van der Waals surface area contributed by atoms with E-state index in [1.807, 2.05) is 19.9 Å². The van der Waals surface area contributed by atoms with E-state index in [-0.39, 0.29) is 46.4 Å². The molecule has 1 aliphatic carbocycles. The van der Waals surface area contributed by atoms with Gasteiger partial charge >= 0.3 is 0 Å². The largest absolute Gasteiger partial charge is 0.293 e. The third-order valence-corrected chi connectivity index (χ3v) is 8.83. The number of rotatable bonds is 8. The monoisotopic (exact) mass is 519 g/mol. The van der Waals surface area contributed by atoms with Gasteiger partial charge in [-0.3, -0.25) is 9.59 Å². The third-order valence-electron chi connectivity index (χ3n) is 7.08. The summed E-state index contributed by atoms with van der Waals surface area (Å²) in [5, 5.41) is 0. The minimum absolute atomic E-state index is 0.0157. The molecule has 37 heavy (non-hydrogen) atoms. The molecule has 0 saturated heterocycles. The highest BCUT2D eigenvalue weighted by Gasteiger charge is 2.38. The molecule has 0 radical (unpaired) electrons. The van der Waals surface area contributed by atoms with Crippen LogP contribution in [0.15, 0.2) is 47.4 Å². The van der Waals surface area contributed by atoms with Crippen LogP contribution in [0.25, 0.3) is 0 Å². The molecule has 1 aromatic carbocycles. The van der Waals surface area contributed by atoms with Crippen LogP contribution < -0.4 is 0 Å². The Morgan fingerprint density at radius 2 is 1.73 bits per heavy atom. The van der Waals surface area contributed by atoms with Gasteiger partial charge in [-0.05, 0) is 68.5 Å². The molecule has 2 unspecified atom stereocenters. The normalized spacial score (nSPS) is 17.6. The summed E-state index contributed by atoms with van der Waals surface area (Å²) in [6.45, 7) is 9.56. The van der Waals surface area contributed by atoms with E-state index in [4.69, 9.17) is 4.98 Å². The van der Waals surface area contributed by atoms with E-state index in [1.54, 1.807) is 43.3 Å². The number of benzene rings is 1. The topological polar surface area (TPSA) is 107 Å². The molecule has 0 saturated carbocycles. The fraction of sp³-hybridized carbons (Fsp3) is 0.414. The lowest BCUT2D eigenvalue weighted by molar-refractivity contribution is 0.0925. The predicted octanol–water partition coefficient (Wildman–Crippen LogP) is 5.21. The second-order valence-electron chi connectivity index (χ2n) is 10.1. The molecule has 2 atom stereocenters. The molecule has 1 aliphatic rings. The summed E-state index contributed by atoms with van der Waals surface area (Å²) < 4.78 is 24.0. The van der Waals surface area contributed by atoms with Crippen molar-refractivity contribution in [3.63, 3.8) is 0 Å². The minimum atomic E-state index is -3.25. The van der Waals surface area contributed by atoms with Crippen molar-refractivity contribution in [1.82, 2.24) is 15.0 Å². The van der Waals surface area contributed by atoms with Crippen molar-refractivity contribution in [2.75, 3.05) is 5.75 Å². The maximum atomic E-state index is 13.5. The van der Waals surface area contributed by atoms with Gasteiger partial charge in [-0.1, -0.05) is 32.9 Å². The Kier molecular flexibility index (Phi) is 7.69. The zero-order valence-electron chi connectivity index (χ0n) is 22.0. The van der Waals surface area contributed by atoms with Gasteiger partial charge in [-0.25, -0.2) is 23.4 Å². The van der Waals surface area contributed by atoms with Crippen LogP contribution in [0.1, 0.15) is 94.8 Å². The van der Waals surface area contributed by atoms with Crippen LogP contribution in [0.5, 0.6) is 0 Å². The first kappa shape index (κ1) is 26.8. The van der Waals surface area contributed by atoms with Gasteiger partial charge in [0.25, 0.3) is 0 Å². The Morgan fingerprint density at radius 1 is 1.03 bits per heavy atom. The molecule has 0 fully saturated rings. The van der Waals surface area contributed by atoms with Gasteiger partial charge in [0.15, 0.2) is 21.4 Å². The van der Waals surface area contributed by atoms with Crippen molar-refractivity contribution in [2.45, 2.75) is 70.6 Å². The molecule has 0 N–H and O–H groups in total. The van der Waals surface area contributed by atoms with Crippen molar-refractivity contribution in [3.8, 4) is 0 Å². The molecule has 2 heterocycles. The maximum Gasteiger partial charge on any atom is 0.181 e. The first-order valence-corrected chi connectivity index (χ1v) is 14.4. The van der Waals surface area contributed by atoms with Gasteiger partial charge in [-0.2, -0.15) is 0 Å². The number of aromatic nitrogens is 3. The lowest BCUT2D eigenvalue weighted by atomic mass is 9.72. The average Bonchev–Trinajstić information content (AvgIpc) is 2.86. The molecule has 0 bridgehead atoms. The molecular formula is C29H33N3O4S. The Balaban J connectivity index is 1.55. The van der Waals surface area contributed by atoms with E-state index in [2.05, 4.69) is 23.8 Å². The zero-order valence-corrected chi connectivity index (χ0v) is 22.8. The number of fused-ring (bicyclic) bond motifs is 1. The lowest BCUT2D eigenvalue weighted by Gasteiger charge is -2.32. The SMILES string of the molecule is CCS(=O)(=O)c1ccc(CCC(=O)c2ccc3c(n2)C(C(C)C)CC(c2cc(C)nc(C)n2)C3=O)cc1. The van der Waals surface area contributed by atoms with Crippen LogP contribution in [-0.4, -0.2) is 40.7 Å². The van der Waals surface area contributed by atoms with Crippen LogP contribution in [0.4, 0.5) is 0 Å². The van der Waals surface area contributed by atoms with Crippen molar-refractivity contribution in [1.29, 1.82) is 0 Å². The van der Waals surface area contributed by atoms with E-state index in [1.165, 1.54) is 0 Å². The Morgan fingerprint density at radius 3 is 2.35 bits per heavy atom. The summed E-state index contributed by atoms with van der Waals surface area (Å²) in [5.74, 6) is 0.473. The predicted molar refractivity (Wildman–Crippen MR) is 142 cm³/mol. The minimum Gasteiger partial charge on any atom is -0.293 e. The Hall–Kier alpha value is -3.26.